The summed E-state index contributed by atoms with van der Waals surface area (Å²) in [5.41, 5.74) is 7.02. The first-order valence-corrected chi connectivity index (χ1v) is 14.3. The number of primary amides is 1. The fraction of sp³-hybridized carbons (Fsp3) is 0.444. The molecule has 11 nitrogen and oxygen atoms in total. The van der Waals surface area contributed by atoms with Crippen molar-refractivity contribution in [1.82, 2.24) is 19.8 Å². The van der Waals surface area contributed by atoms with Crippen molar-refractivity contribution in [3.63, 3.8) is 0 Å². The Bertz CT molecular complexity index is 1340. The summed E-state index contributed by atoms with van der Waals surface area (Å²) in [4.78, 5) is 27.9. The van der Waals surface area contributed by atoms with E-state index < -0.39 is 12.5 Å². The normalized spacial score (nSPS) is 17.0. The molecule has 5 rings (SSSR count). The average molecular weight is 589 g/mol. The standard InChI is InChI=1S/C27H34F2N8O3S/c1-35-10-12-37(13-11-35)17-5-8-36(9-6-17)18-3-4-19(21(15-18)40-26(28)29)33-27-31-16-22(39-2)25(34-27)32-20-7-14-41-23(20)24(30)38/h3-4,7,14-17,26H,5-6,8-13H2,1-2H3,(H2,30,38)(H2,31,32,33,34). The number of alkyl halides is 2. The van der Waals surface area contributed by atoms with Crippen LogP contribution in [0.2, 0.25) is 0 Å². The van der Waals surface area contributed by atoms with Crippen LogP contribution in [-0.2, 0) is 0 Å². The Hall–Kier alpha value is -3.75. The molecule has 0 aliphatic carbocycles. The molecule has 1 amide bonds. The van der Waals surface area contributed by atoms with Gasteiger partial charge in [-0.05, 0) is 43.5 Å². The molecule has 0 atom stereocenters. The number of methoxy groups -OCH3 is 1. The fourth-order valence-corrected chi connectivity index (χ4v) is 5.90. The molecular weight excluding hydrogens is 554 g/mol. The summed E-state index contributed by atoms with van der Waals surface area (Å²) in [6.45, 7) is 3.00. The second-order valence-corrected chi connectivity index (χ2v) is 10.9. The lowest BCUT2D eigenvalue weighted by Crippen LogP contribution is -2.52. The predicted molar refractivity (Wildman–Crippen MR) is 155 cm³/mol. The number of nitrogens with one attached hydrogen (secondary N) is 2. The minimum atomic E-state index is -3.01. The molecule has 2 aromatic heterocycles. The molecule has 2 fully saturated rings. The van der Waals surface area contributed by atoms with Crippen LogP contribution in [0.15, 0.2) is 35.8 Å². The first kappa shape index (κ1) is 28.8. The quantitative estimate of drug-likeness (QED) is 0.321. The highest BCUT2D eigenvalue weighted by Gasteiger charge is 2.27. The van der Waals surface area contributed by atoms with E-state index >= 15 is 0 Å². The summed E-state index contributed by atoms with van der Waals surface area (Å²) in [7, 11) is 3.61. The van der Waals surface area contributed by atoms with Gasteiger partial charge in [0.15, 0.2) is 17.3 Å². The summed E-state index contributed by atoms with van der Waals surface area (Å²) >= 11 is 1.19. The van der Waals surface area contributed by atoms with Gasteiger partial charge >= 0.3 is 6.61 Å². The number of anilines is 5. The third-order valence-corrected chi connectivity index (χ3v) is 8.36. The molecule has 2 saturated heterocycles. The van der Waals surface area contributed by atoms with Gasteiger partial charge in [-0.25, -0.2) is 4.98 Å². The van der Waals surface area contributed by atoms with Gasteiger partial charge in [-0.3, -0.25) is 9.69 Å². The van der Waals surface area contributed by atoms with Gasteiger partial charge < -0.3 is 35.6 Å². The average Bonchev–Trinajstić information content (AvgIpc) is 3.43. The summed E-state index contributed by atoms with van der Waals surface area (Å²) in [6, 6.07) is 7.42. The third-order valence-electron chi connectivity index (χ3n) is 7.43. The first-order valence-electron chi connectivity index (χ1n) is 13.4. The highest BCUT2D eigenvalue weighted by molar-refractivity contribution is 7.12. The number of benzene rings is 1. The van der Waals surface area contributed by atoms with Crippen LogP contribution in [0, 0.1) is 0 Å². The lowest BCUT2D eigenvalue weighted by Gasteiger charge is -2.42. The third kappa shape index (κ3) is 6.94. The van der Waals surface area contributed by atoms with Gasteiger partial charge in [-0.15, -0.1) is 11.3 Å². The highest BCUT2D eigenvalue weighted by Crippen LogP contribution is 2.36. The van der Waals surface area contributed by atoms with Crippen molar-refractivity contribution < 1.29 is 23.0 Å². The number of amides is 1. The molecule has 2 aliphatic heterocycles. The summed E-state index contributed by atoms with van der Waals surface area (Å²) in [6.07, 6.45) is 3.47. The van der Waals surface area contributed by atoms with E-state index in [1.807, 2.05) is 6.07 Å². The number of carbonyl (C=O) groups is 1. The zero-order valence-electron chi connectivity index (χ0n) is 23.0. The molecule has 4 N–H and O–H groups in total. The van der Waals surface area contributed by atoms with Gasteiger partial charge in [-0.2, -0.15) is 13.8 Å². The smallest absolute Gasteiger partial charge is 0.387 e. The number of halogens is 2. The second-order valence-electron chi connectivity index (χ2n) is 10.0. The number of ether oxygens (including phenoxy) is 2. The topological polar surface area (TPSA) is 121 Å². The number of nitrogens with two attached hydrogens (primary N) is 1. The van der Waals surface area contributed by atoms with Gasteiger partial charge in [-0.1, -0.05) is 0 Å². The Kier molecular flexibility index (Phi) is 9.00. The van der Waals surface area contributed by atoms with E-state index in [0.717, 1.165) is 57.8 Å². The van der Waals surface area contributed by atoms with E-state index in [9.17, 15) is 13.6 Å². The zero-order valence-corrected chi connectivity index (χ0v) is 23.8. The van der Waals surface area contributed by atoms with Crippen LogP contribution in [0.25, 0.3) is 0 Å². The van der Waals surface area contributed by atoms with E-state index in [4.69, 9.17) is 15.2 Å². The van der Waals surface area contributed by atoms with Crippen molar-refractivity contribution in [1.29, 1.82) is 0 Å². The second kappa shape index (κ2) is 12.8. The van der Waals surface area contributed by atoms with Crippen molar-refractivity contribution in [2.75, 3.05) is 69.0 Å². The molecule has 4 heterocycles. The van der Waals surface area contributed by atoms with Gasteiger partial charge in [0.25, 0.3) is 5.91 Å². The lowest BCUT2D eigenvalue weighted by atomic mass is 10.0. The van der Waals surface area contributed by atoms with Crippen LogP contribution < -0.4 is 30.7 Å². The summed E-state index contributed by atoms with van der Waals surface area (Å²) < 4.78 is 37.1. The number of piperidine rings is 1. The van der Waals surface area contributed by atoms with Gasteiger partial charge in [0, 0.05) is 57.1 Å². The molecule has 2 aliphatic rings. The molecule has 0 saturated carbocycles. The molecule has 14 heteroatoms. The van der Waals surface area contributed by atoms with Gasteiger partial charge in [0.05, 0.1) is 24.7 Å². The Morgan fingerprint density at radius 3 is 2.51 bits per heavy atom. The van der Waals surface area contributed by atoms with Crippen molar-refractivity contribution >= 4 is 46.1 Å². The molecule has 3 aromatic rings. The van der Waals surface area contributed by atoms with Crippen LogP contribution in [0.1, 0.15) is 22.5 Å². The fourth-order valence-electron chi connectivity index (χ4n) is 5.20. The molecular formula is C27H34F2N8O3S. The molecule has 0 unspecified atom stereocenters. The van der Waals surface area contributed by atoms with Crippen LogP contribution in [0.4, 0.5) is 37.6 Å². The van der Waals surface area contributed by atoms with Crippen molar-refractivity contribution in [2.24, 2.45) is 5.73 Å². The molecule has 1 aromatic carbocycles. The van der Waals surface area contributed by atoms with Crippen LogP contribution in [-0.4, -0.2) is 91.8 Å². The van der Waals surface area contributed by atoms with E-state index in [2.05, 4.69) is 42.3 Å². The number of thiophene rings is 1. The van der Waals surface area contributed by atoms with Crippen LogP contribution >= 0.6 is 11.3 Å². The van der Waals surface area contributed by atoms with Crippen LogP contribution in [0.3, 0.4) is 0 Å². The number of rotatable bonds is 10. The molecule has 0 spiro atoms. The van der Waals surface area contributed by atoms with E-state index in [-0.39, 0.29) is 23.2 Å². The minimum Gasteiger partial charge on any atom is -0.491 e. The van der Waals surface area contributed by atoms with Crippen molar-refractivity contribution in [3.8, 4) is 11.5 Å². The first-order chi connectivity index (χ1) is 19.8. The Morgan fingerprint density at radius 2 is 1.83 bits per heavy atom. The van der Waals surface area contributed by atoms with Gasteiger partial charge in [0.1, 0.15) is 4.88 Å². The summed E-state index contributed by atoms with van der Waals surface area (Å²) in [5.74, 6) is 0.107. The van der Waals surface area contributed by atoms with E-state index in [1.165, 1.54) is 24.6 Å². The molecule has 41 heavy (non-hydrogen) atoms. The van der Waals surface area contributed by atoms with Gasteiger partial charge in [0.2, 0.25) is 5.95 Å². The molecule has 220 valence electrons. The van der Waals surface area contributed by atoms with E-state index in [0.29, 0.717) is 22.4 Å². The molecule has 0 bridgehead atoms. The van der Waals surface area contributed by atoms with Crippen molar-refractivity contribution in [2.45, 2.75) is 25.5 Å². The summed E-state index contributed by atoms with van der Waals surface area (Å²) in [5, 5.41) is 7.74. The monoisotopic (exact) mass is 588 g/mol. The number of hydrogen-bond donors (Lipinski definition) is 3. The highest BCUT2D eigenvalue weighted by atomic mass is 32.1. The largest absolute Gasteiger partial charge is 0.491 e. The van der Waals surface area contributed by atoms with Crippen LogP contribution in [0.5, 0.6) is 11.5 Å². The number of hydrogen-bond acceptors (Lipinski definition) is 11. The number of carbonyl (C=O) groups excluding carboxylic acids is 1. The zero-order chi connectivity index (χ0) is 28.9. The number of aromatic nitrogens is 2. The Morgan fingerprint density at radius 1 is 1.07 bits per heavy atom. The Balaban J connectivity index is 1.31. The number of likely N-dealkylation sites (N-methyl/N-ethyl adjacent to an activating group) is 1. The maximum atomic E-state index is 13.4. The Labute approximate surface area is 241 Å². The lowest BCUT2D eigenvalue weighted by molar-refractivity contribution is -0.0493. The van der Waals surface area contributed by atoms with E-state index in [1.54, 1.807) is 23.6 Å². The SMILES string of the molecule is COc1cnc(Nc2ccc(N3CCC(N4CCN(C)CC4)CC3)cc2OC(F)F)nc1Nc1ccsc1C(N)=O. The number of nitrogens with zero attached hydrogens (tertiary/aromatic N) is 5. The minimum absolute atomic E-state index is 0.0125. The van der Waals surface area contributed by atoms with Crippen molar-refractivity contribution in [3.05, 3.63) is 40.7 Å². The number of piperazine rings is 1. The maximum absolute atomic E-state index is 13.4. The maximum Gasteiger partial charge on any atom is 0.387 e. The molecule has 0 radical (unpaired) electrons. The predicted octanol–water partition coefficient (Wildman–Crippen LogP) is 3.95.